The number of anilines is 1. The molecule has 0 radical (unpaired) electrons. The molecular formula is C16H14N4O. The number of nitrogen functional groups attached to an aromatic ring is 1. The third kappa shape index (κ3) is 1.71. The minimum absolute atomic E-state index is 0.480. The maximum Gasteiger partial charge on any atom is 0.308 e. The average Bonchev–Trinajstić information content (AvgIpc) is 3.04. The summed E-state index contributed by atoms with van der Waals surface area (Å²) >= 11 is 0. The van der Waals surface area contributed by atoms with Crippen LogP contribution in [0.4, 0.5) is 5.69 Å². The van der Waals surface area contributed by atoms with E-state index in [9.17, 15) is 0 Å². The zero-order chi connectivity index (χ0) is 14.6. The van der Waals surface area contributed by atoms with Gasteiger partial charge < -0.3 is 10.2 Å². The van der Waals surface area contributed by atoms with Gasteiger partial charge in [0.05, 0.1) is 16.7 Å². The zero-order valence-electron chi connectivity index (χ0n) is 11.8. The number of fused-ring (bicyclic) bond motifs is 2. The van der Waals surface area contributed by atoms with Crippen molar-refractivity contribution in [3.63, 3.8) is 0 Å². The van der Waals surface area contributed by atoms with Gasteiger partial charge in [0.1, 0.15) is 11.8 Å². The van der Waals surface area contributed by atoms with Crippen molar-refractivity contribution in [1.29, 1.82) is 0 Å². The summed E-state index contributed by atoms with van der Waals surface area (Å²) in [6.07, 6.45) is 1.73. The van der Waals surface area contributed by atoms with Crippen LogP contribution in [-0.4, -0.2) is 14.5 Å². The fourth-order valence-electron chi connectivity index (χ4n) is 2.48. The molecule has 2 aromatic heterocycles. The summed E-state index contributed by atoms with van der Waals surface area (Å²) in [6, 6.07) is 10.2. The molecule has 104 valence electrons. The number of benzene rings is 2. The number of hydrogen-bond donors (Lipinski definition) is 1. The smallest absolute Gasteiger partial charge is 0.308 e. The van der Waals surface area contributed by atoms with Crippen molar-refractivity contribution in [3.8, 4) is 6.01 Å². The molecule has 0 spiro atoms. The highest BCUT2D eigenvalue weighted by Crippen LogP contribution is 2.26. The minimum atomic E-state index is 0.480. The van der Waals surface area contributed by atoms with E-state index in [1.165, 1.54) is 11.1 Å². The van der Waals surface area contributed by atoms with E-state index in [1.807, 2.05) is 22.8 Å². The van der Waals surface area contributed by atoms with E-state index >= 15 is 0 Å². The third-order valence-electron chi connectivity index (χ3n) is 3.81. The Morgan fingerprint density at radius 3 is 2.76 bits per heavy atom. The van der Waals surface area contributed by atoms with Gasteiger partial charge in [-0.25, -0.2) is 4.98 Å². The monoisotopic (exact) mass is 278 g/mol. The predicted molar refractivity (Wildman–Crippen MR) is 82.5 cm³/mol. The van der Waals surface area contributed by atoms with Crippen molar-refractivity contribution < 1.29 is 4.42 Å². The molecule has 0 amide bonds. The lowest BCUT2D eigenvalue weighted by molar-refractivity contribution is 0.568. The van der Waals surface area contributed by atoms with Crippen LogP contribution in [0.2, 0.25) is 0 Å². The summed E-state index contributed by atoms with van der Waals surface area (Å²) in [6.45, 7) is 4.16. The molecule has 4 aromatic rings. The maximum atomic E-state index is 5.93. The fourth-order valence-corrected chi connectivity index (χ4v) is 2.48. The topological polar surface area (TPSA) is 69.9 Å². The summed E-state index contributed by atoms with van der Waals surface area (Å²) < 4.78 is 7.65. The molecule has 2 aromatic carbocycles. The lowest BCUT2D eigenvalue weighted by Gasteiger charge is -2.01. The Hall–Kier alpha value is -2.82. The molecular weight excluding hydrogens is 264 g/mol. The van der Waals surface area contributed by atoms with Crippen LogP contribution in [0.3, 0.4) is 0 Å². The lowest BCUT2D eigenvalue weighted by Crippen LogP contribution is -1.93. The van der Waals surface area contributed by atoms with Crippen molar-refractivity contribution in [2.45, 2.75) is 13.8 Å². The molecule has 0 aliphatic heterocycles. The van der Waals surface area contributed by atoms with E-state index in [0.717, 1.165) is 11.0 Å². The Bertz CT molecular complexity index is 981. The van der Waals surface area contributed by atoms with Gasteiger partial charge >= 0.3 is 6.01 Å². The molecule has 4 rings (SSSR count). The van der Waals surface area contributed by atoms with Crippen LogP contribution in [0.1, 0.15) is 11.1 Å². The predicted octanol–water partition coefficient (Wildman–Crippen LogP) is 3.37. The van der Waals surface area contributed by atoms with Crippen LogP contribution in [0.25, 0.3) is 28.1 Å². The Labute approximate surface area is 121 Å². The average molecular weight is 278 g/mol. The summed E-state index contributed by atoms with van der Waals surface area (Å²) in [7, 11) is 0. The van der Waals surface area contributed by atoms with Gasteiger partial charge in [-0.05, 0) is 49.2 Å². The van der Waals surface area contributed by atoms with Crippen molar-refractivity contribution in [2.24, 2.45) is 0 Å². The number of para-hydroxylation sites is 1. The number of oxazole rings is 1. The highest BCUT2D eigenvalue weighted by atomic mass is 16.4. The van der Waals surface area contributed by atoms with Crippen molar-refractivity contribution in [1.82, 2.24) is 14.5 Å². The molecule has 2 N–H and O–H groups in total. The second-order valence-electron chi connectivity index (χ2n) is 5.23. The first-order chi connectivity index (χ1) is 10.1. The van der Waals surface area contributed by atoms with E-state index in [2.05, 4.69) is 35.9 Å². The normalized spacial score (nSPS) is 11.5. The molecule has 5 nitrogen and oxygen atoms in total. The Morgan fingerprint density at radius 1 is 1.14 bits per heavy atom. The van der Waals surface area contributed by atoms with Crippen molar-refractivity contribution >= 4 is 27.8 Å². The van der Waals surface area contributed by atoms with Gasteiger partial charge in [0.2, 0.25) is 0 Å². The van der Waals surface area contributed by atoms with Crippen LogP contribution in [0.5, 0.6) is 0 Å². The quantitative estimate of drug-likeness (QED) is 0.542. The van der Waals surface area contributed by atoms with Crippen LogP contribution in [0.15, 0.2) is 41.1 Å². The van der Waals surface area contributed by atoms with Gasteiger partial charge in [0.15, 0.2) is 5.58 Å². The van der Waals surface area contributed by atoms with Gasteiger partial charge in [0, 0.05) is 0 Å². The van der Waals surface area contributed by atoms with Crippen LogP contribution in [0, 0.1) is 13.8 Å². The first-order valence-corrected chi connectivity index (χ1v) is 6.73. The molecule has 5 heteroatoms. The molecule has 0 saturated heterocycles. The molecule has 0 bridgehead atoms. The van der Waals surface area contributed by atoms with Gasteiger partial charge in [-0.1, -0.05) is 6.07 Å². The lowest BCUT2D eigenvalue weighted by atomic mass is 10.1. The largest absolute Gasteiger partial charge is 0.423 e. The highest BCUT2D eigenvalue weighted by molar-refractivity contribution is 5.86. The molecule has 0 unspecified atom stereocenters. The van der Waals surface area contributed by atoms with E-state index in [4.69, 9.17) is 10.2 Å². The summed E-state index contributed by atoms with van der Waals surface area (Å²) in [5.74, 6) is 0. The number of nitrogens with two attached hydrogens (primary N) is 1. The van der Waals surface area contributed by atoms with Gasteiger partial charge in [-0.3, -0.25) is 4.57 Å². The van der Waals surface area contributed by atoms with E-state index in [1.54, 1.807) is 6.33 Å². The van der Waals surface area contributed by atoms with Crippen molar-refractivity contribution in [3.05, 3.63) is 47.8 Å². The third-order valence-corrected chi connectivity index (χ3v) is 3.81. The summed E-state index contributed by atoms with van der Waals surface area (Å²) in [5.41, 5.74) is 12.2. The molecule has 2 heterocycles. The van der Waals surface area contributed by atoms with E-state index in [-0.39, 0.29) is 0 Å². The van der Waals surface area contributed by atoms with Gasteiger partial charge in [-0.2, -0.15) is 4.98 Å². The van der Waals surface area contributed by atoms with E-state index in [0.29, 0.717) is 22.8 Å². The molecule has 0 atom stereocenters. The van der Waals surface area contributed by atoms with Gasteiger partial charge in [-0.15, -0.1) is 0 Å². The highest BCUT2D eigenvalue weighted by Gasteiger charge is 2.13. The van der Waals surface area contributed by atoms with Gasteiger partial charge in [0.25, 0.3) is 0 Å². The zero-order valence-corrected chi connectivity index (χ0v) is 11.8. The number of imidazole rings is 1. The Balaban J connectivity index is 2.00. The standard InChI is InChI=1S/C16H14N4O/c1-9-6-12-13(7-10(9)2)20(8-18-12)16-19-15-11(17)4-3-5-14(15)21-16/h3-8H,17H2,1-2H3. The van der Waals surface area contributed by atoms with E-state index < -0.39 is 0 Å². The summed E-state index contributed by atoms with van der Waals surface area (Å²) in [4.78, 5) is 8.91. The molecule has 21 heavy (non-hydrogen) atoms. The van der Waals surface area contributed by atoms with Crippen LogP contribution in [-0.2, 0) is 0 Å². The van der Waals surface area contributed by atoms with Crippen LogP contribution >= 0.6 is 0 Å². The second-order valence-corrected chi connectivity index (χ2v) is 5.23. The molecule has 0 saturated carbocycles. The Morgan fingerprint density at radius 2 is 1.95 bits per heavy atom. The second kappa shape index (κ2) is 4.09. The maximum absolute atomic E-state index is 5.93. The number of hydrogen-bond acceptors (Lipinski definition) is 4. The van der Waals surface area contributed by atoms with Crippen molar-refractivity contribution in [2.75, 3.05) is 5.73 Å². The molecule has 0 aliphatic rings. The van der Waals surface area contributed by atoms with Crippen LogP contribution < -0.4 is 5.73 Å². The number of aromatic nitrogens is 3. The number of rotatable bonds is 1. The first kappa shape index (κ1) is 12.0. The number of aryl methyl sites for hydroxylation is 2. The fraction of sp³-hybridized carbons (Fsp3) is 0.125. The SMILES string of the molecule is Cc1cc2ncn(-c3nc4c(N)cccc4o3)c2cc1C. The molecule has 0 fully saturated rings. The minimum Gasteiger partial charge on any atom is -0.423 e. The molecule has 0 aliphatic carbocycles. The first-order valence-electron chi connectivity index (χ1n) is 6.73. The summed E-state index contributed by atoms with van der Waals surface area (Å²) in [5, 5.41) is 0. The number of nitrogens with zero attached hydrogens (tertiary/aromatic N) is 3. The Kier molecular flexibility index (Phi) is 2.33.